The molecule has 0 amide bonds. The van der Waals surface area contributed by atoms with Gasteiger partial charge in [-0.05, 0) is 43.2 Å². The Kier molecular flexibility index (Phi) is 5.15. The van der Waals surface area contributed by atoms with Crippen LogP contribution in [-0.4, -0.2) is 28.6 Å². The molecule has 0 unspecified atom stereocenters. The van der Waals surface area contributed by atoms with Crippen molar-refractivity contribution in [2.45, 2.75) is 18.9 Å². The Morgan fingerprint density at radius 1 is 1.03 bits per heavy atom. The molecular weight excluding hydrogens is 436 g/mol. The van der Waals surface area contributed by atoms with Crippen molar-refractivity contribution in [3.8, 4) is 5.69 Å². The Hall–Kier alpha value is -4.08. The van der Waals surface area contributed by atoms with E-state index in [-0.39, 0.29) is 33.9 Å². The highest BCUT2D eigenvalue weighted by Crippen LogP contribution is 2.33. The van der Waals surface area contributed by atoms with Gasteiger partial charge in [0, 0.05) is 31.9 Å². The van der Waals surface area contributed by atoms with Crippen LogP contribution in [0.1, 0.15) is 18.9 Å². The zero-order chi connectivity index (χ0) is 24.1. The number of rotatable bonds is 5. The standard InChI is InChI=1S/C24H21BFN5O3/c1-27-14-4-3-5-16(11-14)30-22-21(23(33)31(24(30)34)15-7-8-15)19(12-20(32)29(22)2)28-18-9-6-13(25)10-17(18)26/h3-6,9-12,15,27-28H,7-8H2,1-2H3. The number of nitrogens with one attached hydrogen (secondary N) is 2. The van der Waals surface area contributed by atoms with E-state index in [1.54, 1.807) is 25.2 Å². The number of fused-ring (bicyclic) bond motifs is 1. The summed E-state index contributed by atoms with van der Waals surface area (Å²) >= 11 is 0. The quantitative estimate of drug-likeness (QED) is 0.447. The Morgan fingerprint density at radius 3 is 2.47 bits per heavy atom. The molecule has 2 radical (unpaired) electrons. The van der Waals surface area contributed by atoms with Gasteiger partial charge in [-0.25, -0.2) is 13.8 Å². The molecule has 0 saturated heterocycles. The van der Waals surface area contributed by atoms with Gasteiger partial charge in [0.2, 0.25) is 0 Å². The summed E-state index contributed by atoms with van der Waals surface area (Å²) in [6, 6.07) is 12.2. The Bertz CT molecular complexity index is 1640. The molecule has 1 aliphatic carbocycles. The summed E-state index contributed by atoms with van der Waals surface area (Å²) in [4.78, 5) is 40.1. The Balaban J connectivity index is 1.90. The van der Waals surface area contributed by atoms with Crippen LogP contribution in [0.2, 0.25) is 0 Å². The van der Waals surface area contributed by atoms with Gasteiger partial charge in [0.15, 0.2) is 0 Å². The molecule has 2 aromatic carbocycles. The molecule has 1 saturated carbocycles. The molecule has 10 heteroatoms. The molecule has 2 heterocycles. The normalized spacial score (nSPS) is 13.3. The molecule has 8 nitrogen and oxygen atoms in total. The molecule has 0 spiro atoms. The maximum atomic E-state index is 14.6. The average molecular weight is 457 g/mol. The highest BCUT2D eigenvalue weighted by Gasteiger charge is 2.31. The lowest BCUT2D eigenvalue weighted by Gasteiger charge is -2.19. The lowest BCUT2D eigenvalue weighted by Crippen LogP contribution is -2.41. The zero-order valence-corrected chi connectivity index (χ0v) is 18.6. The molecule has 0 aliphatic heterocycles. The summed E-state index contributed by atoms with van der Waals surface area (Å²) in [5, 5.41) is 6.01. The van der Waals surface area contributed by atoms with Crippen LogP contribution in [0.15, 0.2) is 62.9 Å². The van der Waals surface area contributed by atoms with Gasteiger partial charge in [-0.2, -0.15) is 0 Å². The van der Waals surface area contributed by atoms with Crippen LogP contribution in [0.5, 0.6) is 0 Å². The van der Waals surface area contributed by atoms with Crippen LogP contribution in [0.3, 0.4) is 0 Å². The third-order valence-electron chi connectivity index (χ3n) is 6.02. The number of aromatic nitrogens is 3. The highest BCUT2D eigenvalue weighted by atomic mass is 19.1. The SMILES string of the molecule is [B]c1ccc(Nc2cc(=O)n(C)c3c2c(=O)n(C2CC2)c(=O)n3-c2cccc(NC)c2)c(F)c1. The van der Waals surface area contributed by atoms with Crippen LogP contribution < -0.4 is 32.9 Å². The number of hydrogen-bond donors (Lipinski definition) is 2. The largest absolute Gasteiger partial charge is 0.388 e. The number of hydrogen-bond acceptors (Lipinski definition) is 5. The van der Waals surface area contributed by atoms with E-state index in [1.807, 2.05) is 6.07 Å². The second kappa shape index (κ2) is 8.05. The molecule has 4 aromatic rings. The van der Waals surface area contributed by atoms with Gasteiger partial charge in [0.25, 0.3) is 11.1 Å². The van der Waals surface area contributed by atoms with Crippen molar-refractivity contribution in [2.75, 3.05) is 17.7 Å². The van der Waals surface area contributed by atoms with E-state index in [2.05, 4.69) is 10.6 Å². The zero-order valence-electron chi connectivity index (χ0n) is 18.6. The van der Waals surface area contributed by atoms with Crippen molar-refractivity contribution in [2.24, 2.45) is 7.05 Å². The van der Waals surface area contributed by atoms with Crippen LogP contribution in [0, 0.1) is 5.82 Å². The van der Waals surface area contributed by atoms with Crippen LogP contribution in [-0.2, 0) is 7.05 Å². The highest BCUT2D eigenvalue weighted by molar-refractivity contribution is 6.32. The second-order valence-corrected chi connectivity index (χ2v) is 8.34. The molecule has 0 atom stereocenters. The van der Waals surface area contributed by atoms with Crippen LogP contribution in [0.25, 0.3) is 16.7 Å². The maximum absolute atomic E-state index is 14.6. The van der Waals surface area contributed by atoms with Gasteiger partial charge in [-0.1, -0.05) is 17.6 Å². The smallest absolute Gasteiger partial charge is 0.337 e. The first kappa shape index (κ1) is 21.8. The van der Waals surface area contributed by atoms with Crippen LogP contribution >= 0.6 is 0 Å². The third-order valence-corrected chi connectivity index (χ3v) is 6.02. The first-order valence-corrected chi connectivity index (χ1v) is 10.8. The predicted octanol–water partition coefficient (Wildman–Crippen LogP) is 1.90. The van der Waals surface area contributed by atoms with E-state index in [0.29, 0.717) is 18.5 Å². The third kappa shape index (κ3) is 3.51. The van der Waals surface area contributed by atoms with Crippen molar-refractivity contribution >= 4 is 41.4 Å². The lowest BCUT2D eigenvalue weighted by atomic mass is 9.96. The van der Waals surface area contributed by atoms with Crippen molar-refractivity contribution < 1.29 is 4.39 Å². The minimum absolute atomic E-state index is 0.0519. The Labute approximate surface area is 194 Å². The summed E-state index contributed by atoms with van der Waals surface area (Å²) in [6.45, 7) is 0. The topological polar surface area (TPSA) is 90.1 Å². The molecule has 0 bridgehead atoms. The molecule has 5 rings (SSSR count). The minimum Gasteiger partial charge on any atom is -0.388 e. The fraction of sp³-hybridized carbons (Fsp3) is 0.208. The lowest BCUT2D eigenvalue weighted by molar-refractivity contribution is 0.632. The van der Waals surface area contributed by atoms with Gasteiger partial charge >= 0.3 is 5.69 Å². The summed E-state index contributed by atoms with van der Waals surface area (Å²) in [5.41, 5.74) is 0.240. The van der Waals surface area contributed by atoms with E-state index < -0.39 is 22.6 Å². The predicted molar refractivity (Wildman–Crippen MR) is 132 cm³/mol. The molecule has 1 fully saturated rings. The van der Waals surface area contributed by atoms with E-state index >= 15 is 0 Å². The first-order chi connectivity index (χ1) is 16.3. The molecule has 2 aromatic heterocycles. The number of anilines is 3. The fourth-order valence-corrected chi connectivity index (χ4v) is 4.13. The average Bonchev–Trinajstić information content (AvgIpc) is 3.64. The Morgan fingerprint density at radius 2 is 1.79 bits per heavy atom. The maximum Gasteiger partial charge on any atom is 0.337 e. The molecule has 34 heavy (non-hydrogen) atoms. The van der Waals surface area contributed by atoms with Gasteiger partial charge in [0.1, 0.15) is 24.7 Å². The van der Waals surface area contributed by atoms with E-state index in [0.717, 1.165) is 11.8 Å². The van der Waals surface area contributed by atoms with Gasteiger partial charge in [-0.3, -0.25) is 18.7 Å². The monoisotopic (exact) mass is 457 g/mol. The summed E-state index contributed by atoms with van der Waals surface area (Å²) < 4.78 is 18.4. The number of benzene rings is 2. The van der Waals surface area contributed by atoms with E-state index in [1.165, 1.54) is 38.9 Å². The number of pyridine rings is 1. The van der Waals surface area contributed by atoms with E-state index in [4.69, 9.17) is 7.85 Å². The molecular formula is C24H21BFN5O3. The van der Waals surface area contributed by atoms with E-state index in [9.17, 15) is 18.8 Å². The number of aryl methyl sites for hydroxylation is 1. The molecule has 170 valence electrons. The summed E-state index contributed by atoms with van der Waals surface area (Å²) in [5.74, 6) is -0.633. The minimum atomic E-state index is -0.633. The van der Waals surface area contributed by atoms with Gasteiger partial charge in [0.05, 0.1) is 17.1 Å². The van der Waals surface area contributed by atoms with Crippen LogP contribution in [0.4, 0.5) is 21.5 Å². The van der Waals surface area contributed by atoms with Crippen molar-refractivity contribution in [3.05, 3.63) is 85.5 Å². The van der Waals surface area contributed by atoms with Crippen molar-refractivity contribution in [3.63, 3.8) is 0 Å². The summed E-state index contributed by atoms with van der Waals surface area (Å²) in [7, 11) is 8.90. The number of nitrogens with zero attached hydrogens (tertiary/aromatic N) is 3. The van der Waals surface area contributed by atoms with Crippen molar-refractivity contribution in [1.29, 1.82) is 0 Å². The van der Waals surface area contributed by atoms with Gasteiger partial charge < -0.3 is 10.6 Å². The summed E-state index contributed by atoms with van der Waals surface area (Å²) in [6.07, 6.45) is 1.41. The van der Waals surface area contributed by atoms with Gasteiger partial charge in [-0.15, -0.1) is 0 Å². The fourth-order valence-electron chi connectivity index (χ4n) is 4.13. The number of halogens is 1. The molecule has 1 aliphatic rings. The molecule has 2 N–H and O–H groups in total. The van der Waals surface area contributed by atoms with Crippen molar-refractivity contribution in [1.82, 2.24) is 13.7 Å². The second-order valence-electron chi connectivity index (χ2n) is 8.34. The first-order valence-electron chi connectivity index (χ1n) is 10.8.